The summed E-state index contributed by atoms with van der Waals surface area (Å²) in [5.74, 6) is 0. The third-order valence-electron chi connectivity index (χ3n) is 3.71. The molecule has 0 aliphatic carbocycles. The van der Waals surface area contributed by atoms with Crippen molar-refractivity contribution in [1.29, 1.82) is 0 Å². The molecule has 0 radical (unpaired) electrons. The number of hydrogen-bond acceptors (Lipinski definition) is 4. The van der Waals surface area contributed by atoms with Crippen molar-refractivity contribution in [2.75, 3.05) is 26.2 Å². The predicted molar refractivity (Wildman–Crippen MR) is 83.2 cm³/mol. The van der Waals surface area contributed by atoms with Gasteiger partial charge in [0.25, 0.3) is 5.56 Å². The van der Waals surface area contributed by atoms with E-state index in [9.17, 15) is 4.79 Å². The molecule has 1 atom stereocenters. The molecule has 0 spiro atoms. The second-order valence-electron chi connectivity index (χ2n) is 5.05. The highest BCUT2D eigenvalue weighted by atomic mass is 32.1. The number of pyridine rings is 1. The van der Waals surface area contributed by atoms with Gasteiger partial charge in [0.2, 0.25) is 0 Å². The summed E-state index contributed by atoms with van der Waals surface area (Å²) in [6.45, 7) is 8.09. The minimum atomic E-state index is -0.130. The molecular formula is C14H21N3O2S. The summed E-state index contributed by atoms with van der Waals surface area (Å²) in [5, 5.41) is 0. The third-order valence-corrected chi connectivity index (χ3v) is 3.93. The van der Waals surface area contributed by atoms with E-state index in [0.717, 1.165) is 25.3 Å². The van der Waals surface area contributed by atoms with Crippen LogP contribution in [-0.2, 0) is 11.3 Å². The normalized spacial score (nSPS) is 20.0. The molecule has 2 rings (SSSR count). The molecule has 5 nitrogen and oxygen atoms in total. The molecule has 1 unspecified atom stereocenters. The Morgan fingerprint density at radius 2 is 2.30 bits per heavy atom. The first-order chi connectivity index (χ1) is 9.52. The van der Waals surface area contributed by atoms with Gasteiger partial charge in [-0.1, -0.05) is 19.1 Å². The highest BCUT2D eigenvalue weighted by molar-refractivity contribution is 7.80. The average molecular weight is 295 g/mol. The van der Waals surface area contributed by atoms with E-state index in [0.29, 0.717) is 18.7 Å². The van der Waals surface area contributed by atoms with Crippen LogP contribution >= 0.6 is 12.2 Å². The van der Waals surface area contributed by atoms with Crippen molar-refractivity contribution in [1.82, 2.24) is 9.47 Å². The van der Waals surface area contributed by atoms with Crippen LogP contribution in [0.2, 0.25) is 0 Å². The predicted octanol–water partition coefficient (Wildman–Crippen LogP) is 0.512. The molecule has 110 valence electrons. The van der Waals surface area contributed by atoms with Crippen LogP contribution in [0.25, 0.3) is 0 Å². The van der Waals surface area contributed by atoms with Crippen molar-refractivity contribution in [3.8, 4) is 0 Å². The Bertz CT molecular complexity index is 556. The van der Waals surface area contributed by atoms with Gasteiger partial charge in [-0.05, 0) is 25.6 Å². The molecule has 1 aromatic rings. The maximum atomic E-state index is 12.4. The summed E-state index contributed by atoms with van der Waals surface area (Å²) < 4.78 is 7.47. The van der Waals surface area contributed by atoms with Crippen molar-refractivity contribution in [3.05, 3.63) is 33.7 Å². The molecule has 1 aliphatic rings. The Labute approximate surface area is 124 Å². The summed E-state index contributed by atoms with van der Waals surface area (Å²) in [6, 6.07) is 3.56. The van der Waals surface area contributed by atoms with Gasteiger partial charge in [-0.15, -0.1) is 0 Å². The lowest BCUT2D eigenvalue weighted by Crippen LogP contribution is -2.45. The number of aromatic nitrogens is 1. The maximum Gasteiger partial charge on any atom is 0.261 e. The minimum Gasteiger partial charge on any atom is -0.389 e. The molecule has 6 heteroatoms. The van der Waals surface area contributed by atoms with Crippen LogP contribution < -0.4 is 11.3 Å². The van der Waals surface area contributed by atoms with Crippen LogP contribution in [0, 0.1) is 6.92 Å². The van der Waals surface area contributed by atoms with Gasteiger partial charge in [-0.2, -0.15) is 0 Å². The van der Waals surface area contributed by atoms with E-state index in [4.69, 9.17) is 22.7 Å². The lowest BCUT2D eigenvalue weighted by Gasteiger charge is -2.32. The molecule has 1 fully saturated rings. The van der Waals surface area contributed by atoms with E-state index in [1.807, 2.05) is 13.0 Å². The Morgan fingerprint density at radius 1 is 1.55 bits per heavy atom. The lowest BCUT2D eigenvalue weighted by molar-refractivity contribution is -0.0349. The number of morpholine rings is 1. The van der Waals surface area contributed by atoms with Crippen molar-refractivity contribution in [2.24, 2.45) is 5.73 Å². The van der Waals surface area contributed by atoms with Crippen molar-refractivity contribution >= 4 is 17.2 Å². The molecule has 20 heavy (non-hydrogen) atoms. The van der Waals surface area contributed by atoms with E-state index in [1.54, 1.807) is 10.6 Å². The van der Waals surface area contributed by atoms with Crippen LogP contribution in [0.4, 0.5) is 0 Å². The fourth-order valence-electron chi connectivity index (χ4n) is 2.47. The van der Waals surface area contributed by atoms with Crippen molar-refractivity contribution < 1.29 is 4.74 Å². The summed E-state index contributed by atoms with van der Waals surface area (Å²) in [5.41, 5.74) is 6.75. The topological polar surface area (TPSA) is 60.5 Å². The quantitative estimate of drug-likeness (QED) is 0.820. The number of hydrogen-bond donors (Lipinski definition) is 1. The van der Waals surface area contributed by atoms with Gasteiger partial charge in [-0.25, -0.2) is 0 Å². The maximum absolute atomic E-state index is 12.4. The highest BCUT2D eigenvalue weighted by Gasteiger charge is 2.21. The van der Waals surface area contributed by atoms with Gasteiger partial charge >= 0.3 is 0 Å². The van der Waals surface area contributed by atoms with E-state index in [2.05, 4.69) is 11.8 Å². The smallest absolute Gasteiger partial charge is 0.261 e. The monoisotopic (exact) mass is 295 g/mol. The van der Waals surface area contributed by atoms with Gasteiger partial charge in [-0.3, -0.25) is 9.69 Å². The van der Waals surface area contributed by atoms with Gasteiger partial charge in [0.05, 0.1) is 24.8 Å². The summed E-state index contributed by atoms with van der Waals surface area (Å²) in [6.07, 6.45) is 0.0293. The molecule has 1 saturated heterocycles. The van der Waals surface area contributed by atoms with Gasteiger partial charge in [0.1, 0.15) is 4.99 Å². The summed E-state index contributed by atoms with van der Waals surface area (Å²) >= 11 is 4.92. The lowest BCUT2D eigenvalue weighted by atomic mass is 10.2. The van der Waals surface area contributed by atoms with E-state index < -0.39 is 0 Å². The SMILES string of the molecule is CCN1CCOC(Cn2c(C)ccc(C(N)=S)c2=O)C1. The van der Waals surface area contributed by atoms with Crippen molar-refractivity contribution in [3.63, 3.8) is 0 Å². The van der Waals surface area contributed by atoms with Crippen LogP contribution in [-0.4, -0.2) is 46.8 Å². The van der Waals surface area contributed by atoms with E-state index in [1.165, 1.54) is 0 Å². The molecule has 2 N–H and O–H groups in total. The second-order valence-corrected chi connectivity index (χ2v) is 5.49. The molecule has 2 heterocycles. The number of ether oxygens (including phenoxy) is 1. The van der Waals surface area contributed by atoms with E-state index >= 15 is 0 Å². The Hall–Kier alpha value is -1.24. The zero-order valence-electron chi connectivity index (χ0n) is 12.0. The molecule has 0 aromatic carbocycles. The number of aryl methyl sites for hydroxylation is 1. The van der Waals surface area contributed by atoms with E-state index in [-0.39, 0.29) is 16.7 Å². The second kappa shape index (κ2) is 6.47. The van der Waals surface area contributed by atoms with Crippen LogP contribution in [0.5, 0.6) is 0 Å². The number of likely N-dealkylation sites (N-methyl/N-ethyl adjacent to an activating group) is 1. The van der Waals surface area contributed by atoms with Crippen molar-refractivity contribution in [2.45, 2.75) is 26.5 Å². The van der Waals surface area contributed by atoms with Gasteiger partial charge in [0, 0.05) is 18.8 Å². The molecule has 1 aromatic heterocycles. The highest BCUT2D eigenvalue weighted by Crippen LogP contribution is 2.08. The number of rotatable bonds is 4. The van der Waals surface area contributed by atoms with Crippen LogP contribution in [0.3, 0.4) is 0 Å². The first kappa shape index (κ1) is 15.2. The Balaban J connectivity index is 2.22. The first-order valence-electron chi connectivity index (χ1n) is 6.87. The average Bonchev–Trinajstić information content (AvgIpc) is 2.43. The van der Waals surface area contributed by atoms with Crippen LogP contribution in [0.1, 0.15) is 18.2 Å². The van der Waals surface area contributed by atoms with Gasteiger partial charge in [0.15, 0.2) is 0 Å². The number of nitrogens with zero attached hydrogens (tertiary/aromatic N) is 2. The fourth-order valence-corrected chi connectivity index (χ4v) is 2.62. The van der Waals surface area contributed by atoms with Gasteiger partial charge < -0.3 is 15.0 Å². The third kappa shape index (κ3) is 3.26. The summed E-state index contributed by atoms with van der Waals surface area (Å²) in [4.78, 5) is 14.8. The molecule has 1 aliphatic heterocycles. The Morgan fingerprint density at radius 3 is 2.95 bits per heavy atom. The number of nitrogens with two attached hydrogens (primary N) is 1. The largest absolute Gasteiger partial charge is 0.389 e. The standard InChI is InChI=1S/C14H21N3O2S/c1-3-16-6-7-19-11(8-16)9-17-10(2)4-5-12(13(15)20)14(17)18/h4-5,11H,3,6-9H2,1-2H3,(H2,15,20). The zero-order valence-corrected chi connectivity index (χ0v) is 12.8. The zero-order chi connectivity index (χ0) is 14.7. The minimum absolute atomic E-state index is 0.0293. The molecule has 0 amide bonds. The fraction of sp³-hybridized carbons (Fsp3) is 0.571. The molecular weight excluding hydrogens is 274 g/mol. The summed E-state index contributed by atoms with van der Waals surface area (Å²) in [7, 11) is 0. The Kier molecular flexibility index (Phi) is 4.91. The van der Waals surface area contributed by atoms with Crippen LogP contribution in [0.15, 0.2) is 16.9 Å². The first-order valence-corrected chi connectivity index (χ1v) is 7.28. The number of thiocarbonyl (C=S) groups is 1. The molecule has 0 saturated carbocycles. The molecule has 0 bridgehead atoms.